The summed E-state index contributed by atoms with van der Waals surface area (Å²) < 4.78 is 5.11. The van der Waals surface area contributed by atoms with Gasteiger partial charge in [0.05, 0.1) is 12.8 Å². The number of nitrogens with zero attached hydrogens (tertiary/aromatic N) is 5. The van der Waals surface area contributed by atoms with Crippen LogP contribution in [0.1, 0.15) is 0 Å². The van der Waals surface area contributed by atoms with Gasteiger partial charge in [-0.3, -0.25) is 5.32 Å². The number of hydrogen-bond donors (Lipinski definition) is 1. The van der Waals surface area contributed by atoms with Crippen molar-refractivity contribution in [1.82, 2.24) is 24.9 Å². The first-order chi connectivity index (χ1) is 10.3. The van der Waals surface area contributed by atoms with Crippen LogP contribution in [0.3, 0.4) is 0 Å². The second kappa shape index (κ2) is 5.91. The summed E-state index contributed by atoms with van der Waals surface area (Å²) in [6, 6.07) is 7.22. The zero-order valence-corrected chi connectivity index (χ0v) is 11.3. The molecule has 0 radical (unpaired) electrons. The van der Waals surface area contributed by atoms with E-state index in [2.05, 4.69) is 30.2 Å². The topological polar surface area (TPSA) is 85.7 Å². The maximum absolute atomic E-state index is 5.11. The summed E-state index contributed by atoms with van der Waals surface area (Å²) in [6.45, 7) is 0. The van der Waals surface area contributed by atoms with Gasteiger partial charge in [0.25, 0.3) is 0 Å². The molecular formula is C14H12N6O. The van der Waals surface area contributed by atoms with Crippen LogP contribution in [0.25, 0.3) is 11.3 Å². The third kappa shape index (κ3) is 3.08. The molecule has 7 heteroatoms. The number of ether oxygens (including phenoxy) is 1. The zero-order chi connectivity index (χ0) is 14.5. The van der Waals surface area contributed by atoms with Crippen molar-refractivity contribution < 1.29 is 4.74 Å². The number of rotatable bonds is 4. The van der Waals surface area contributed by atoms with Gasteiger partial charge in [0.2, 0.25) is 17.8 Å². The van der Waals surface area contributed by atoms with E-state index in [9.17, 15) is 0 Å². The lowest BCUT2D eigenvalue weighted by molar-refractivity contribution is 0.398. The van der Waals surface area contributed by atoms with Crippen LogP contribution in [0.2, 0.25) is 0 Å². The van der Waals surface area contributed by atoms with Crippen LogP contribution in [0.5, 0.6) is 5.88 Å². The zero-order valence-electron chi connectivity index (χ0n) is 11.3. The van der Waals surface area contributed by atoms with Crippen molar-refractivity contribution in [1.29, 1.82) is 0 Å². The molecule has 1 N–H and O–H groups in total. The van der Waals surface area contributed by atoms with Crippen LogP contribution in [-0.2, 0) is 0 Å². The van der Waals surface area contributed by atoms with E-state index in [1.54, 1.807) is 38.0 Å². The average Bonchev–Trinajstić information content (AvgIpc) is 2.56. The third-order valence-electron chi connectivity index (χ3n) is 2.68. The van der Waals surface area contributed by atoms with E-state index in [1.807, 2.05) is 18.2 Å². The fourth-order valence-corrected chi connectivity index (χ4v) is 1.72. The summed E-state index contributed by atoms with van der Waals surface area (Å²) in [5.74, 6) is 1.41. The highest BCUT2D eigenvalue weighted by Crippen LogP contribution is 2.21. The van der Waals surface area contributed by atoms with Gasteiger partial charge in [-0.2, -0.15) is 0 Å². The van der Waals surface area contributed by atoms with Gasteiger partial charge in [-0.1, -0.05) is 0 Å². The summed E-state index contributed by atoms with van der Waals surface area (Å²) in [5, 5.41) is 2.95. The number of aromatic nitrogens is 5. The minimum absolute atomic E-state index is 0.425. The minimum Gasteiger partial charge on any atom is -0.481 e. The molecule has 0 unspecified atom stereocenters. The molecule has 0 amide bonds. The van der Waals surface area contributed by atoms with E-state index in [0.29, 0.717) is 17.8 Å². The number of nitrogens with one attached hydrogen (secondary N) is 1. The van der Waals surface area contributed by atoms with Gasteiger partial charge in [-0.15, -0.1) is 0 Å². The van der Waals surface area contributed by atoms with Gasteiger partial charge >= 0.3 is 0 Å². The van der Waals surface area contributed by atoms with Gasteiger partial charge in [0, 0.05) is 36.4 Å². The smallest absolute Gasteiger partial charge is 0.230 e. The molecule has 21 heavy (non-hydrogen) atoms. The maximum Gasteiger partial charge on any atom is 0.230 e. The molecule has 7 nitrogen and oxygen atoms in total. The lowest BCUT2D eigenvalue weighted by atomic mass is 10.2. The van der Waals surface area contributed by atoms with Gasteiger partial charge in [0.1, 0.15) is 0 Å². The van der Waals surface area contributed by atoms with E-state index in [4.69, 9.17) is 4.74 Å². The van der Waals surface area contributed by atoms with Gasteiger partial charge in [0.15, 0.2) is 0 Å². The maximum atomic E-state index is 5.11. The van der Waals surface area contributed by atoms with Crippen molar-refractivity contribution in [3.8, 4) is 17.1 Å². The molecular weight excluding hydrogens is 268 g/mol. The Bertz CT molecular complexity index is 734. The Labute approximate surface area is 121 Å². The second-order valence-electron chi connectivity index (χ2n) is 4.05. The molecule has 0 spiro atoms. The van der Waals surface area contributed by atoms with Crippen LogP contribution < -0.4 is 10.1 Å². The van der Waals surface area contributed by atoms with E-state index >= 15 is 0 Å². The Kier molecular flexibility index (Phi) is 3.64. The van der Waals surface area contributed by atoms with Gasteiger partial charge < -0.3 is 4.74 Å². The number of anilines is 2. The third-order valence-corrected chi connectivity index (χ3v) is 2.68. The highest BCUT2D eigenvalue weighted by molar-refractivity contribution is 5.61. The average molecular weight is 280 g/mol. The Morgan fingerprint density at radius 3 is 2.48 bits per heavy atom. The van der Waals surface area contributed by atoms with Crippen molar-refractivity contribution in [3.05, 3.63) is 49.1 Å². The van der Waals surface area contributed by atoms with Crippen LogP contribution in [0, 0.1) is 0 Å². The first-order valence-corrected chi connectivity index (χ1v) is 6.22. The lowest BCUT2D eigenvalue weighted by Gasteiger charge is -2.06. The van der Waals surface area contributed by atoms with Crippen molar-refractivity contribution in [2.24, 2.45) is 0 Å². The van der Waals surface area contributed by atoms with E-state index in [-0.39, 0.29) is 0 Å². The summed E-state index contributed by atoms with van der Waals surface area (Å²) in [4.78, 5) is 20.8. The summed E-state index contributed by atoms with van der Waals surface area (Å²) in [6.07, 6.45) is 6.63. The molecule has 0 aromatic carbocycles. The first-order valence-electron chi connectivity index (χ1n) is 6.22. The molecule has 0 saturated carbocycles. The Balaban J connectivity index is 1.89. The molecule has 0 aliphatic rings. The Morgan fingerprint density at radius 1 is 0.905 bits per heavy atom. The normalized spacial score (nSPS) is 10.1. The highest BCUT2D eigenvalue weighted by Gasteiger charge is 2.05. The molecule has 0 aliphatic carbocycles. The monoisotopic (exact) mass is 280 g/mol. The van der Waals surface area contributed by atoms with E-state index in [1.165, 1.54) is 0 Å². The largest absolute Gasteiger partial charge is 0.481 e. The number of methoxy groups -OCH3 is 1. The Morgan fingerprint density at radius 2 is 1.67 bits per heavy atom. The molecule has 0 fully saturated rings. The summed E-state index contributed by atoms with van der Waals surface area (Å²) in [7, 11) is 1.58. The number of pyridine rings is 1. The second-order valence-corrected chi connectivity index (χ2v) is 4.05. The predicted octanol–water partition coefficient (Wildman–Crippen LogP) is 2.08. The van der Waals surface area contributed by atoms with E-state index < -0.39 is 0 Å². The van der Waals surface area contributed by atoms with Crippen LogP contribution in [-0.4, -0.2) is 32.0 Å². The molecule has 3 heterocycles. The van der Waals surface area contributed by atoms with Gasteiger partial charge in [-0.25, -0.2) is 24.9 Å². The van der Waals surface area contributed by atoms with Crippen molar-refractivity contribution in [2.75, 3.05) is 12.4 Å². The molecule has 3 rings (SSSR count). The van der Waals surface area contributed by atoms with Crippen LogP contribution >= 0.6 is 0 Å². The molecule has 0 bridgehead atoms. The van der Waals surface area contributed by atoms with Crippen molar-refractivity contribution in [2.45, 2.75) is 0 Å². The predicted molar refractivity (Wildman–Crippen MR) is 77.1 cm³/mol. The van der Waals surface area contributed by atoms with Crippen LogP contribution in [0.4, 0.5) is 11.9 Å². The summed E-state index contributed by atoms with van der Waals surface area (Å²) in [5.41, 5.74) is 1.64. The van der Waals surface area contributed by atoms with Crippen molar-refractivity contribution in [3.63, 3.8) is 0 Å². The molecule has 0 atom stereocenters. The fraction of sp³-hybridized carbons (Fsp3) is 0.0714. The fourth-order valence-electron chi connectivity index (χ4n) is 1.72. The molecule has 104 valence electrons. The highest BCUT2D eigenvalue weighted by atomic mass is 16.5. The quantitative estimate of drug-likeness (QED) is 0.783. The molecule has 3 aromatic heterocycles. The molecule has 3 aromatic rings. The summed E-state index contributed by atoms with van der Waals surface area (Å²) >= 11 is 0. The first kappa shape index (κ1) is 12.9. The SMILES string of the molecule is COc1cc(-c2ccnc(Nc3ncccn3)n2)ccn1. The number of hydrogen-bond acceptors (Lipinski definition) is 7. The van der Waals surface area contributed by atoms with E-state index in [0.717, 1.165) is 11.3 Å². The van der Waals surface area contributed by atoms with Crippen molar-refractivity contribution >= 4 is 11.9 Å². The molecule has 0 aliphatic heterocycles. The lowest BCUT2D eigenvalue weighted by Crippen LogP contribution is -2.01. The van der Waals surface area contributed by atoms with Gasteiger partial charge in [-0.05, 0) is 18.2 Å². The standard InChI is InChI=1S/C14H12N6O/c1-21-12-9-10(3-7-15-12)11-4-8-18-14(19-11)20-13-16-5-2-6-17-13/h2-9H,1H3,(H,16,17,18,19,20). The molecule has 0 saturated heterocycles. The van der Waals surface area contributed by atoms with Crippen LogP contribution in [0.15, 0.2) is 49.1 Å². The Hall–Kier alpha value is -3.09. The minimum atomic E-state index is 0.425.